The third kappa shape index (κ3) is 4.73. The van der Waals surface area contributed by atoms with Crippen LogP contribution in [0, 0.1) is 5.82 Å². The number of imidazole rings is 1. The van der Waals surface area contributed by atoms with Gasteiger partial charge in [0.2, 0.25) is 0 Å². The molecule has 1 unspecified atom stereocenters. The molecular formula is C24H29FN4O2. The Labute approximate surface area is 182 Å². The Kier molecular flexibility index (Phi) is 6.53. The number of benzene rings is 2. The maximum atomic E-state index is 14.9. The van der Waals surface area contributed by atoms with E-state index in [0.717, 1.165) is 25.4 Å². The van der Waals surface area contributed by atoms with Crippen molar-refractivity contribution in [1.82, 2.24) is 14.5 Å². The highest BCUT2D eigenvalue weighted by Gasteiger charge is 2.26. The van der Waals surface area contributed by atoms with Crippen molar-refractivity contribution in [3.8, 4) is 5.75 Å². The van der Waals surface area contributed by atoms with E-state index in [1.54, 1.807) is 29.1 Å². The highest BCUT2D eigenvalue weighted by molar-refractivity contribution is 5.57. The topological polar surface area (TPSA) is 53.8 Å². The molecule has 6 nitrogen and oxygen atoms in total. The van der Waals surface area contributed by atoms with Crippen LogP contribution in [0.1, 0.15) is 30.0 Å². The van der Waals surface area contributed by atoms with Gasteiger partial charge in [-0.2, -0.15) is 0 Å². The van der Waals surface area contributed by atoms with Gasteiger partial charge < -0.3 is 19.3 Å². The number of nitrogens with zero attached hydrogens (tertiary/aromatic N) is 4. The van der Waals surface area contributed by atoms with Crippen LogP contribution in [0.2, 0.25) is 0 Å². The molecule has 1 aliphatic rings. The Hall–Kier alpha value is -2.90. The largest absolute Gasteiger partial charge is 0.494 e. The molecule has 1 aromatic heterocycles. The monoisotopic (exact) mass is 424 g/mol. The van der Waals surface area contributed by atoms with Crippen LogP contribution in [0.5, 0.6) is 5.75 Å². The minimum absolute atomic E-state index is 0.314. The van der Waals surface area contributed by atoms with Gasteiger partial charge in [-0.3, -0.25) is 4.90 Å². The maximum absolute atomic E-state index is 14.9. The van der Waals surface area contributed by atoms with Crippen LogP contribution in [-0.4, -0.2) is 52.3 Å². The summed E-state index contributed by atoms with van der Waals surface area (Å²) in [6.07, 6.45) is 2.43. The average Bonchev–Trinajstić information content (AvgIpc) is 3.21. The summed E-state index contributed by atoms with van der Waals surface area (Å²) in [6.45, 7) is 6.51. The predicted octanol–water partition coefficient (Wildman–Crippen LogP) is 3.36. The molecule has 0 bridgehead atoms. The number of anilines is 1. The Bertz CT molecular complexity index is 997. The predicted molar refractivity (Wildman–Crippen MR) is 119 cm³/mol. The van der Waals surface area contributed by atoms with E-state index < -0.39 is 6.10 Å². The van der Waals surface area contributed by atoms with Crippen molar-refractivity contribution in [2.24, 2.45) is 7.05 Å². The van der Waals surface area contributed by atoms with Crippen molar-refractivity contribution >= 4 is 5.69 Å². The molecule has 4 rings (SSSR count). The first-order chi connectivity index (χ1) is 15.1. The number of piperazine rings is 1. The smallest absolute Gasteiger partial charge is 0.146 e. The van der Waals surface area contributed by atoms with E-state index in [-0.39, 0.29) is 5.82 Å². The molecule has 31 heavy (non-hydrogen) atoms. The zero-order valence-corrected chi connectivity index (χ0v) is 18.0. The molecule has 0 aliphatic carbocycles. The Morgan fingerprint density at radius 1 is 1.10 bits per heavy atom. The third-order valence-electron chi connectivity index (χ3n) is 5.74. The molecule has 2 aromatic carbocycles. The fourth-order valence-electron chi connectivity index (χ4n) is 4.11. The molecule has 7 heteroatoms. The molecule has 1 atom stereocenters. The Morgan fingerprint density at radius 2 is 1.84 bits per heavy atom. The van der Waals surface area contributed by atoms with E-state index in [2.05, 4.69) is 22.0 Å². The second-order valence-electron chi connectivity index (χ2n) is 7.82. The summed E-state index contributed by atoms with van der Waals surface area (Å²) in [5.74, 6) is 1.07. The summed E-state index contributed by atoms with van der Waals surface area (Å²) >= 11 is 0. The third-order valence-corrected chi connectivity index (χ3v) is 5.74. The van der Waals surface area contributed by atoms with Gasteiger partial charge in [-0.25, -0.2) is 9.37 Å². The minimum atomic E-state index is -0.979. The lowest BCUT2D eigenvalue weighted by Gasteiger charge is -2.37. The summed E-state index contributed by atoms with van der Waals surface area (Å²) in [5, 5.41) is 10.9. The van der Waals surface area contributed by atoms with Crippen molar-refractivity contribution in [3.63, 3.8) is 0 Å². The van der Waals surface area contributed by atoms with Gasteiger partial charge in [0.05, 0.1) is 12.3 Å². The van der Waals surface area contributed by atoms with E-state index in [1.165, 1.54) is 11.6 Å². The molecule has 1 fully saturated rings. The number of halogens is 1. The Morgan fingerprint density at radius 3 is 2.48 bits per heavy atom. The van der Waals surface area contributed by atoms with Gasteiger partial charge in [-0.1, -0.05) is 24.3 Å². The molecule has 2 heterocycles. The highest BCUT2D eigenvalue weighted by atomic mass is 19.1. The van der Waals surface area contributed by atoms with E-state index in [1.807, 2.05) is 31.0 Å². The molecule has 164 valence electrons. The van der Waals surface area contributed by atoms with Crippen molar-refractivity contribution in [1.29, 1.82) is 0 Å². The summed E-state index contributed by atoms with van der Waals surface area (Å²) < 4.78 is 22.1. The van der Waals surface area contributed by atoms with Crippen LogP contribution >= 0.6 is 0 Å². The van der Waals surface area contributed by atoms with Crippen LogP contribution in [0.15, 0.2) is 54.9 Å². The summed E-state index contributed by atoms with van der Waals surface area (Å²) in [4.78, 5) is 8.64. The highest BCUT2D eigenvalue weighted by Crippen LogP contribution is 2.33. The van der Waals surface area contributed by atoms with Gasteiger partial charge in [-0.05, 0) is 30.7 Å². The number of aliphatic hydroxyl groups excluding tert-OH is 1. The average molecular weight is 425 g/mol. The second kappa shape index (κ2) is 9.49. The summed E-state index contributed by atoms with van der Waals surface area (Å²) in [7, 11) is 1.82. The van der Waals surface area contributed by atoms with E-state index >= 15 is 0 Å². The van der Waals surface area contributed by atoms with Crippen molar-refractivity contribution in [2.45, 2.75) is 19.6 Å². The number of para-hydroxylation sites is 1. The van der Waals surface area contributed by atoms with E-state index in [9.17, 15) is 9.50 Å². The van der Waals surface area contributed by atoms with Crippen LogP contribution in [0.4, 0.5) is 10.1 Å². The van der Waals surface area contributed by atoms with Crippen LogP contribution in [0.25, 0.3) is 0 Å². The summed E-state index contributed by atoms with van der Waals surface area (Å²) in [6, 6.07) is 13.1. The number of aromatic nitrogens is 2. The number of ether oxygens (including phenoxy) is 1. The molecule has 0 saturated carbocycles. The van der Waals surface area contributed by atoms with Crippen LogP contribution in [-0.2, 0) is 13.6 Å². The zero-order chi connectivity index (χ0) is 21.8. The standard InChI is InChI=1S/C24H29FN4O2/c1-3-31-19-9-7-18(8-10-19)17-28-13-15-29(16-14-28)22-20(5-4-6-21(22)25)23(30)24-26-11-12-27(24)2/h4-12,23,30H,3,13-17H2,1-2H3. The van der Waals surface area contributed by atoms with Gasteiger partial charge in [0, 0.05) is 57.7 Å². The summed E-state index contributed by atoms with van der Waals surface area (Å²) in [5.41, 5.74) is 2.25. The first-order valence-corrected chi connectivity index (χ1v) is 10.7. The van der Waals surface area contributed by atoms with Gasteiger partial charge in [0.15, 0.2) is 0 Å². The minimum Gasteiger partial charge on any atom is -0.494 e. The van der Waals surface area contributed by atoms with Gasteiger partial charge in [-0.15, -0.1) is 0 Å². The second-order valence-corrected chi connectivity index (χ2v) is 7.82. The molecule has 0 spiro atoms. The fourth-order valence-corrected chi connectivity index (χ4v) is 4.11. The normalized spacial score (nSPS) is 15.8. The zero-order valence-electron chi connectivity index (χ0n) is 18.0. The molecule has 0 amide bonds. The van der Waals surface area contributed by atoms with E-state index in [0.29, 0.717) is 36.8 Å². The van der Waals surface area contributed by atoms with Crippen molar-refractivity contribution in [3.05, 3.63) is 77.6 Å². The maximum Gasteiger partial charge on any atom is 0.146 e. The Balaban J connectivity index is 1.44. The number of hydrogen-bond acceptors (Lipinski definition) is 5. The fraction of sp³-hybridized carbons (Fsp3) is 0.375. The molecule has 1 N–H and O–H groups in total. The number of rotatable bonds is 7. The van der Waals surface area contributed by atoms with Crippen molar-refractivity contribution in [2.75, 3.05) is 37.7 Å². The number of aliphatic hydroxyl groups is 1. The van der Waals surface area contributed by atoms with Gasteiger partial charge in [0.1, 0.15) is 23.5 Å². The molecule has 1 saturated heterocycles. The molecular weight excluding hydrogens is 395 g/mol. The number of hydrogen-bond donors (Lipinski definition) is 1. The molecule has 0 radical (unpaired) electrons. The first-order valence-electron chi connectivity index (χ1n) is 10.7. The lowest BCUT2D eigenvalue weighted by Crippen LogP contribution is -2.46. The van der Waals surface area contributed by atoms with Crippen LogP contribution in [0.3, 0.4) is 0 Å². The quantitative estimate of drug-likeness (QED) is 0.630. The first kappa shape index (κ1) is 21.3. The van der Waals surface area contributed by atoms with Gasteiger partial charge in [0.25, 0.3) is 0 Å². The van der Waals surface area contributed by atoms with Crippen molar-refractivity contribution < 1.29 is 14.2 Å². The lowest BCUT2D eigenvalue weighted by molar-refractivity contribution is 0.205. The molecule has 1 aliphatic heterocycles. The lowest BCUT2D eigenvalue weighted by atomic mass is 10.0. The van der Waals surface area contributed by atoms with Gasteiger partial charge >= 0.3 is 0 Å². The van der Waals surface area contributed by atoms with Crippen LogP contribution < -0.4 is 9.64 Å². The molecule has 3 aromatic rings. The number of aryl methyl sites for hydroxylation is 1. The van der Waals surface area contributed by atoms with E-state index in [4.69, 9.17) is 4.74 Å². The SMILES string of the molecule is CCOc1ccc(CN2CCN(c3c(F)cccc3C(O)c3nccn3C)CC2)cc1.